The molecule has 7 heteroatoms. The molecule has 0 bridgehead atoms. The number of carbonyl (C=O) groups is 1. The van der Waals surface area contributed by atoms with Gasteiger partial charge in [0.15, 0.2) is 5.76 Å². The molecular formula is C21H22N4O3. The van der Waals surface area contributed by atoms with Crippen LogP contribution >= 0.6 is 0 Å². The molecule has 0 radical (unpaired) electrons. The second-order valence-electron chi connectivity index (χ2n) is 6.99. The highest BCUT2D eigenvalue weighted by molar-refractivity contribution is 6.00. The average molecular weight is 378 g/mol. The highest BCUT2D eigenvalue weighted by Gasteiger charge is 2.24. The Morgan fingerprint density at radius 3 is 2.86 bits per heavy atom. The zero-order valence-corrected chi connectivity index (χ0v) is 15.6. The molecule has 0 atom stereocenters. The van der Waals surface area contributed by atoms with Gasteiger partial charge in [-0.3, -0.25) is 9.59 Å². The predicted molar refractivity (Wildman–Crippen MR) is 107 cm³/mol. The molecule has 0 spiro atoms. The minimum Gasteiger partial charge on any atom is -0.463 e. The zero-order chi connectivity index (χ0) is 19.7. The molecule has 1 aliphatic carbocycles. The number of nitrogens with zero attached hydrogens (tertiary/aromatic N) is 2. The Kier molecular flexibility index (Phi) is 4.73. The summed E-state index contributed by atoms with van der Waals surface area (Å²) in [7, 11) is 0. The second kappa shape index (κ2) is 7.34. The zero-order valence-electron chi connectivity index (χ0n) is 15.6. The maximum absolute atomic E-state index is 12.6. The molecule has 1 aliphatic rings. The van der Waals surface area contributed by atoms with E-state index in [1.54, 1.807) is 41.3 Å². The Morgan fingerprint density at radius 1 is 1.36 bits per heavy atom. The van der Waals surface area contributed by atoms with E-state index < -0.39 is 0 Å². The molecule has 28 heavy (non-hydrogen) atoms. The van der Waals surface area contributed by atoms with Crippen molar-refractivity contribution < 1.29 is 9.21 Å². The van der Waals surface area contributed by atoms with Crippen molar-refractivity contribution >= 4 is 11.7 Å². The van der Waals surface area contributed by atoms with Crippen LogP contribution in [0.15, 0.2) is 52.0 Å². The van der Waals surface area contributed by atoms with Gasteiger partial charge in [0.1, 0.15) is 11.5 Å². The van der Waals surface area contributed by atoms with Gasteiger partial charge in [-0.1, -0.05) is 0 Å². The molecule has 1 fully saturated rings. The van der Waals surface area contributed by atoms with E-state index in [1.165, 1.54) is 6.07 Å². The summed E-state index contributed by atoms with van der Waals surface area (Å²) in [6, 6.07) is 8.50. The van der Waals surface area contributed by atoms with Gasteiger partial charge < -0.3 is 20.0 Å². The quantitative estimate of drug-likeness (QED) is 0.686. The molecule has 1 saturated carbocycles. The van der Waals surface area contributed by atoms with Gasteiger partial charge in [0.05, 0.1) is 11.8 Å². The van der Waals surface area contributed by atoms with E-state index in [9.17, 15) is 9.59 Å². The first-order valence-corrected chi connectivity index (χ1v) is 9.40. The van der Waals surface area contributed by atoms with Crippen LogP contribution in [0.4, 0.5) is 5.82 Å². The number of nitrogen functional groups attached to an aromatic ring is 1. The monoisotopic (exact) mass is 378 g/mol. The third kappa shape index (κ3) is 3.55. The summed E-state index contributed by atoms with van der Waals surface area (Å²) in [5.41, 5.74) is 8.32. The van der Waals surface area contributed by atoms with E-state index in [1.807, 2.05) is 6.92 Å². The number of hydrogen-bond donors (Lipinski definition) is 2. The number of pyridine rings is 2. The predicted octanol–water partition coefficient (Wildman–Crippen LogP) is 2.91. The first-order valence-electron chi connectivity index (χ1n) is 9.40. The molecule has 0 saturated heterocycles. The number of furan rings is 1. The molecule has 0 unspecified atom stereocenters. The number of hydrogen-bond acceptors (Lipinski definition) is 5. The van der Waals surface area contributed by atoms with Crippen molar-refractivity contribution in [1.29, 1.82) is 0 Å². The molecule has 7 nitrogen and oxygen atoms in total. The number of aromatic nitrogens is 2. The summed E-state index contributed by atoms with van der Waals surface area (Å²) in [6.45, 7) is 3.09. The van der Waals surface area contributed by atoms with Crippen molar-refractivity contribution in [2.75, 3.05) is 12.3 Å². The van der Waals surface area contributed by atoms with Gasteiger partial charge in [-0.25, -0.2) is 4.98 Å². The number of aryl methyl sites for hydroxylation is 1. The SMILES string of the molecule is CCn1cc(-c2cc(C(=O)NCC3CC3)c(N)nc2-c2ccco2)ccc1=O. The van der Waals surface area contributed by atoms with Crippen LogP contribution in [0, 0.1) is 5.92 Å². The Bertz CT molecular complexity index is 1070. The lowest BCUT2D eigenvalue weighted by Gasteiger charge is -2.14. The first-order chi connectivity index (χ1) is 13.6. The maximum Gasteiger partial charge on any atom is 0.255 e. The van der Waals surface area contributed by atoms with E-state index in [2.05, 4.69) is 10.3 Å². The largest absolute Gasteiger partial charge is 0.463 e. The Balaban J connectivity index is 1.82. The third-order valence-corrected chi connectivity index (χ3v) is 4.93. The van der Waals surface area contributed by atoms with Crippen molar-refractivity contribution in [3.63, 3.8) is 0 Å². The van der Waals surface area contributed by atoms with E-state index >= 15 is 0 Å². The third-order valence-electron chi connectivity index (χ3n) is 4.93. The van der Waals surface area contributed by atoms with Crippen LogP contribution in [-0.2, 0) is 6.54 Å². The molecule has 3 aromatic rings. The normalized spacial score (nSPS) is 13.5. The van der Waals surface area contributed by atoms with E-state index in [-0.39, 0.29) is 17.3 Å². The lowest BCUT2D eigenvalue weighted by Crippen LogP contribution is -2.27. The highest BCUT2D eigenvalue weighted by atomic mass is 16.3. The van der Waals surface area contributed by atoms with E-state index in [4.69, 9.17) is 10.2 Å². The van der Waals surface area contributed by atoms with Crippen molar-refractivity contribution in [2.45, 2.75) is 26.3 Å². The summed E-state index contributed by atoms with van der Waals surface area (Å²) in [4.78, 5) is 29.1. The summed E-state index contributed by atoms with van der Waals surface area (Å²) in [5, 5.41) is 2.93. The van der Waals surface area contributed by atoms with Crippen LogP contribution in [0.3, 0.4) is 0 Å². The van der Waals surface area contributed by atoms with Gasteiger partial charge in [0, 0.05) is 36.5 Å². The number of anilines is 1. The number of nitrogens with one attached hydrogen (secondary N) is 1. The molecule has 0 aromatic carbocycles. The summed E-state index contributed by atoms with van der Waals surface area (Å²) >= 11 is 0. The summed E-state index contributed by atoms with van der Waals surface area (Å²) in [6.07, 6.45) is 5.61. The summed E-state index contributed by atoms with van der Waals surface area (Å²) < 4.78 is 7.12. The highest BCUT2D eigenvalue weighted by Crippen LogP contribution is 2.33. The van der Waals surface area contributed by atoms with Crippen LogP contribution in [0.2, 0.25) is 0 Å². The standard InChI is InChI=1S/C21H22N4O3/c1-2-25-12-14(7-8-18(25)26)15-10-16(21(27)23-11-13-5-6-13)20(22)24-19(15)17-4-3-9-28-17/h3-4,7-10,12-13H,2,5-6,11H2,1H3,(H2,22,24)(H,23,27). The van der Waals surface area contributed by atoms with Gasteiger partial charge in [-0.2, -0.15) is 0 Å². The summed E-state index contributed by atoms with van der Waals surface area (Å²) in [5.74, 6) is 1.01. The molecule has 0 aliphatic heterocycles. The van der Waals surface area contributed by atoms with Gasteiger partial charge in [-0.15, -0.1) is 0 Å². The fourth-order valence-electron chi connectivity index (χ4n) is 3.12. The molecule has 3 N–H and O–H groups in total. The smallest absolute Gasteiger partial charge is 0.255 e. The van der Waals surface area contributed by atoms with Crippen LogP contribution in [-0.4, -0.2) is 22.0 Å². The fourth-order valence-corrected chi connectivity index (χ4v) is 3.12. The number of rotatable bonds is 6. The van der Waals surface area contributed by atoms with Gasteiger partial charge in [0.2, 0.25) is 0 Å². The molecule has 144 valence electrons. The first kappa shape index (κ1) is 18.0. The Labute approximate surface area is 162 Å². The van der Waals surface area contributed by atoms with Crippen LogP contribution in [0.5, 0.6) is 0 Å². The van der Waals surface area contributed by atoms with Crippen LogP contribution in [0.25, 0.3) is 22.6 Å². The number of amides is 1. The van der Waals surface area contributed by atoms with Gasteiger partial charge in [-0.05, 0) is 49.9 Å². The molecule has 4 rings (SSSR count). The minimum absolute atomic E-state index is 0.0865. The molecular weight excluding hydrogens is 356 g/mol. The Hall–Kier alpha value is -3.35. The number of nitrogens with two attached hydrogens (primary N) is 1. The Morgan fingerprint density at radius 2 is 2.18 bits per heavy atom. The van der Waals surface area contributed by atoms with Crippen molar-refractivity contribution in [2.24, 2.45) is 5.92 Å². The van der Waals surface area contributed by atoms with Crippen LogP contribution < -0.4 is 16.6 Å². The molecule has 3 aromatic heterocycles. The van der Waals surface area contributed by atoms with E-state index in [0.717, 1.165) is 18.4 Å². The van der Waals surface area contributed by atoms with E-state index in [0.29, 0.717) is 41.6 Å². The maximum atomic E-state index is 12.6. The van der Waals surface area contributed by atoms with Gasteiger partial charge in [0.25, 0.3) is 11.5 Å². The van der Waals surface area contributed by atoms with Crippen molar-refractivity contribution in [1.82, 2.24) is 14.9 Å². The fraction of sp³-hybridized carbons (Fsp3) is 0.286. The lowest BCUT2D eigenvalue weighted by atomic mass is 10.0. The van der Waals surface area contributed by atoms with Crippen molar-refractivity contribution in [3.05, 3.63) is 58.7 Å². The van der Waals surface area contributed by atoms with Gasteiger partial charge >= 0.3 is 0 Å². The molecule has 1 amide bonds. The molecule has 3 heterocycles. The van der Waals surface area contributed by atoms with Crippen molar-refractivity contribution in [3.8, 4) is 22.6 Å². The minimum atomic E-state index is -0.243. The average Bonchev–Trinajstić information content (AvgIpc) is 3.37. The lowest BCUT2D eigenvalue weighted by molar-refractivity contribution is 0.0952. The van der Waals surface area contributed by atoms with Crippen LogP contribution in [0.1, 0.15) is 30.1 Å². The topological polar surface area (TPSA) is 103 Å². The number of carbonyl (C=O) groups excluding carboxylic acids is 1. The second-order valence-corrected chi connectivity index (χ2v) is 6.99.